The summed E-state index contributed by atoms with van der Waals surface area (Å²) in [7, 11) is 2.03. The first-order valence-corrected chi connectivity index (χ1v) is 10.8. The Morgan fingerprint density at radius 2 is 1.71 bits per heavy atom. The molecule has 0 aliphatic carbocycles. The number of carbonyl (C=O) groups is 2. The standard InChI is InChI=1S/C15H22N4OS.2C2HF3O2/c1-4-20-9-13-15-12(7-17-18(15)3)5-6-19(13)8-14-11(2)16-10-21-14;2*3-2(4,5)1(6)7/h7,10,13H,4-6,8-9H2,1-3H3;2*(H,6,7). The van der Waals surface area contributed by atoms with Crippen LogP contribution < -0.4 is 0 Å². The number of aryl methyl sites for hydroxylation is 2. The second-order valence-electron chi connectivity index (χ2n) is 7.04. The van der Waals surface area contributed by atoms with Crippen molar-refractivity contribution in [3.63, 3.8) is 0 Å². The quantitative estimate of drug-likeness (QED) is 0.559. The molecule has 3 heterocycles. The average molecular weight is 534 g/mol. The molecular formula is C19H24F6N4O5S. The van der Waals surface area contributed by atoms with Crippen LogP contribution in [0.2, 0.25) is 0 Å². The molecule has 0 saturated carbocycles. The highest BCUT2D eigenvalue weighted by molar-refractivity contribution is 7.09. The summed E-state index contributed by atoms with van der Waals surface area (Å²) in [5.41, 5.74) is 5.74. The number of ether oxygens (including phenoxy) is 1. The third-order valence-electron chi connectivity index (χ3n) is 4.65. The smallest absolute Gasteiger partial charge is 0.475 e. The number of carboxylic acid groups (broad SMARTS) is 2. The van der Waals surface area contributed by atoms with E-state index in [1.165, 1.54) is 16.1 Å². The first kappa shape index (κ1) is 30.3. The highest BCUT2D eigenvalue weighted by Crippen LogP contribution is 2.32. The number of alkyl halides is 6. The zero-order valence-electron chi connectivity index (χ0n) is 18.9. The number of aliphatic carboxylic acids is 2. The molecule has 2 N–H and O–H groups in total. The Labute approximate surface area is 199 Å². The molecule has 2 aromatic rings. The van der Waals surface area contributed by atoms with E-state index in [0.717, 1.165) is 38.4 Å². The van der Waals surface area contributed by atoms with Gasteiger partial charge in [0, 0.05) is 31.6 Å². The van der Waals surface area contributed by atoms with Gasteiger partial charge in [0.25, 0.3) is 0 Å². The number of aromatic nitrogens is 3. The summed E-state index contributed by atoms with van der Waals surface area (Å²) in [6.07, 6.45) is -7.10. The van der Waals surface area contributed by atoms with Crippen LogP contribution in [-0.2, 0) is 34.3 Å². The number of hydrogen-bond acceptors (Lipinski definition) is 7. The van der Waals surface area contributed by atoms with Crippen LogP contribution in [0.15, 0.2) is 11.7 Å². The number of rotatable bonds is 5. The summed E-state index contributed by atoms with van der Waals surface area (Å²) in [5, 5.41) is 18.7. The SMILES string of the molecule is CCOCC1c2c(cnn2C)CCN1Cc1scnc1C.O=C(O)C(F)(F)F.O=C(O)C(F)(F)F. The fourth-order valence-corrected chi connectivity index (χ4v) is 3.77. The molecule has 0 fully saturated rings. The number of nitrogens with zero attached hydrogens (tertiary/aromatic N) is 4. The normalized spacial score (nSPS) is 15.9. The van der Waals surface area contributed by atoms with Crippen molar-refractivity contribution in [1.82, 2.24) is 19.7 Å². The van der Waals surface area contributed by atoms with E-state index in [1.54, 1.807) is 11.3 Å². The maximum Gasteiger partial charge on any atom is 0.490 e. The minimum Gasteiger partial charge on any atom is -0.475 e. The molecule has 1 atom stereocenters. The second kappa shape index (κ2) is 12.8. The lowest BCUT2D eigenvalue weighted by molar-refractivity contribution is -0.193. The molecule has 0 saturated heterocycles. The Morgan fingerprint density at radius 3 is 2.14 bits per heavy atom. The lowest BCUT2D eigenvalue weighted by Gasteiger charge is -2.35. The summed E-state index contributed by atoms with van der Waals surface area (Å²) < 4.78 is 71.2. The number of carboxylic acids is 2. The molecule has 16 heteroatoms. The van der Waals surface area contributed by atoms with Gasteiger partial charge in [0.15, 0.2) is 0 Å². The van der Waals surface area contributed by atoms with Crippen molar-refractivity contribution >= 4 is 23.3 Å². The van der Waals surface area contributed by atoms with Gasteiger partial charge in [-0.3, -0.25) is 9.58 Å². The van der Waals surface area contributed by atoms with Gasteiger partial charge in [0.05, 0.1) is 35.7 Å². The highest BCUT2D eigenvalue weighted by atomic mass is 32.1. The lowest BCUT2D eigenvalue weighted by atomic mass is 10.00. The second-order valence-corrected chi connectivity index (χ2v) is 7.98. The Balaban J connectivity index is 0.000000362. The third-order valence-corrected chi connectivity index (χ3v) is 5.57. The minimum atomic E-state index is -5.08. The fourth-order valence-electron chi connectivity index (χ4n) is 2.97. The van der Waals surface area contributed by atoms with E-state index in [-0.39, 0.29) is 6.04 Å². The zero-order chi connectivity index (χ0) is 27.0. The number of thiazole rings is 1. The molecule has 1 unspecified atom stereocenters. The van der Waals surface area contributed by atoms with Crippen LogP contribution in [0.4, 0.5) is 26.3 Å². The first-order valence-electron chi connectivity index (χ1n) is 9.91. The summed E-state index contributed by atoms with van der Waals surface area (Å²) in [4.78, 5) is 26.0. The van der Waals surface area contributed by atoms with Crippen LogP contribution in [0.3, 0.4) is 0 Å². The largest absolute Gasteiger partial charge is 0.490 e. The predicted molar refractivity (Wildman–Crippen MR) is 111 cm³/mol. The molecule has 198 valence electrons. The fraction of sp³-hybridized carbons (Fsp3) is 0.579. The van der Waals surface area contributed by atoms with Gasteiger partial charge in [0.2, 0.25) is 0 Å². The van der Waals surface area contributed by atoms with Crippen molar-refractivity contribution in [3.8, 4) is 0 Å². The molecule has 0 aromatic carbocycles. The lowest BCUT2D eigenvalue weighted by Crippen LogP contribution is -2.38. The Hall–Kier alpha value is -2.72. The first-order chi connectivity index (χ1) is 16.1. The van der Waals surface area contributed by atoms with Gasteiger partial charge < -0.3 is 14.9 Å². The number of fused-ring (bicyclic) bond motifs is 1. The summed E-state index contributed by atoms with van der Waals surface area (Å²) >= 11 is 1.74. The van der Waals surface area contributed by atoms with E-state index in [2.05, 4.69) is 21.9 Å². The van der Waals surface area contributed by atoms with Crippen LogP contribution in [-0.4, -0.2) is 73.9 Å². The van der Waals surface area contributed by atoms with Crippen molar-refractivity contribution in [2.75, 3.05) is 19.8 Å². The maximum absolute atomic E-state index is 10.6. The average Bonchev–Trinajstić information content (AvgIpc) is 3.32. The third kappa shape index (κ3) is 9.45. The molecule has 0 bridgehead atoms. The van der Waals surface area contributed by atoms with E-state index >= 15 is 0 Å². The van der Waals surface area contributed by atoms with Crippen molar-refractivity contribution < 1.29 is 50.9 Å². The molecule has 1 aliphatic rings. The van der Waals surface area contributed by atoms with E-state index in [0.29, 0.717) is 0 Å². The molecule has 3 rings (SSSR count). The number of halogens is 6. The Bertz CT molecular complexity index is 952. The van der Waals surface area contributed by atoms with Crippen molar-refractivity contribution in [2.45, 2.75) is 45.2 Å². The molecule has 35 heavy (non-hydrogen) atoms. The Kier molecular flexibility index (Phi) is 11.1. The van der Waals surface area contributed by atoms with Crippen LogP contribution in [0, 0.1) is 6.92 Å². The van der Waals surface area contributed by atoms with Gasteiger partial charge in [-0.1, -0.05) is 0 Å². The summed E-state index contributed by atoms with van der Waals surface area (Å²) in [5.74, 6) is -5.51. The molecule has 0 radical (unpaired) electrons. The van der Waals surface area contributed by atoms with E-state index in [1.807, 2.05) is 30.4 Å². The molecule has 1 aliphatic heterocycles. The van der Waals surface area contributed by atoms with Gasteiger partial charge in [-0.15, -0.1) is 11.3 Å². The van der Waals surface area contributed by atoms with Crippen LogP contribution in [0.25, 0.3) is 0 Å². The summed E-state index contributed by atoms with van der Waals surface area (Å²) in [6.45, 7) is 7.60. The van der Waals surface area contributed by atoms with Crippen LogP contribution in [0.1, 0.15) is 34.8 Å². The monoisotopic (exact) mass is 534 g/mol. The number of hydrogen-bond donors (Lipinski definition) is 2. The molecule has 2 aromatic heterocycles. The van der Waals surface area contributed by atoms with Gasteiger partial charge in [-0.25, -0.2) is 14.6 Å². The van der Waals surface area contributed by atoms with E-state index < -0.39 is 24.3 Å². The molecule has 9 nitrogen and oxygen atoms in total. The molecule has 0 amide bonds. The summed E-state index contributed by atoms with van der Waals surface area (Å²) in [6, 6.07) is 0.280. The van der Waals surface area contributed by atoms with Crippen molar-refractivity contribution in [3.05, 3.63) is 33.5 Å². The molecular weight excluding hydrogens is 510 g/mol. The minimum absolute atomic E-state index is 0.280. The van der Waals surface area contributed by atoms with Gasteiger partial charge in [0.1, 0.15) is 0 Å². The van der Waals surface area contributed by atoms with Crippen molar-refractivity contribution in [1.29, 1.82) is 0 Å². The van der Waals surface area contributed by atoms with Gasteiger partial charge >= 0.3 is 24.3 Å². The zero-order valence-corrected chi connectivity index (χ0v) is 19.7. The maximum atomic E-state index is 10.6. The topological polar surface area (TPSA) is 118 Å². The van der Waals surface area contributed by atoms with Crippen LogP contribution in [0.5, 0.6) is 0 Å². The van der Waals surface area contributed by atoms with Crippen molar-refractivity contribution in [2.24, 2.45) is 7.05 Å². The highest BCUT2D eigenvalue weighted by Gasteiger charge is 2.39. The Morgan fingerprint density at radius 1 is 1.17 bits per heavy atom. The van der Waals surface area contributed by atoms with Gasteiger partial charge in [-0.05, 0) is 25.8 Å². The van der Waals surface area contributed by atoms with Crippen LogP contribution >= 0.6 is 11.3 Å². The van der Waals surface area contributed by atoms with E-state index in [4.69, 9.17) is 24.5 Å². The predicted octanol–water partition coefficient (Wildman–Crippen LogP) is 3.59. The van der Waals surface area contributed by atoms with Gasteiger partial charge in [-0.2, -0.15) is 31.4 Å². The van der Waals surface area contributed by atoms with E-state index in [9.17, 15) is 26.3 Å². The molecule has 0 spiro atoms.